The van der Waals surface area contributed by atoms with E-state index in [1.165, 1.54) is 32.1 Å². The zero-order valence-electron chi connectivity index (χ0n) is 13.3. The van der Waals surface area contributed by atoms with E-state index in [0.717, 1.165) is 12.3 Å². The first kappa shape index (κ1) is 13.7. The molecule has 0 aromatic rings. The van der Waals surface area contributed by atoms with Gasteiger partial charge in [-0.05, 0) is 61.2 Å². The molecule has 2 nitrogen and oxygen atoms in total. The number of fused-ring (bicyclic) bond motifs is 5. The summed E-state index contributed by atoms with van der Waals surface area (Å²) in [5.74, 6) is 2.84. The van der Waals surface area contributed by atoms with Gasteiger partial charge in [0.2, 0.25) is 0 Å². The number of aliphatic hydroxyl groups is 2. The molecule has 0 bridgehead atoms. The standard InChI is InChI=1S/C19H28O2/c1-18-10-3-4-14(18)13-7-5-12-6-8-16(20)17(21)19(12,2)15(13)9-11-18/h5,7,12-15,20-21H,3-4,6,8-11H2,1-2H3/t12?,13-,14-,15-,18-,19-/m0/s1. The minimum atomic E-state index is -0.230. The Morgan fingerprint density at radius 1 is 1.00 bits per heavy atom. The Morgan fingerprint density at radius 3 is 2.62 bits per heavy atom. The van der Waals surface area contributed by atoms with E-state index in [1.54, 1.807) is 0 Å². The molecule has 4 aliphatic rings. The monoisotopic (exact) mass is 288 g/mol. The predicted octanol–water partition coefficient (Wildman–Crippen LogP) is 5.13. The Balaban J connectivity index is 1.77. The van der Waals surface area contributed by atoms with Crippen LogP contribution in [0.25, 0.3) is 0 Å². The zero-order valence-corrected chi connectivity index (χ0v) is 13.3. The summed E-state index contributed by atoms with van der Waals surface area (Å²) in [6.45, 7) is 4.69. The molecule has 0 spiro atoms. The molecule has 2 N–H and O–H groups in total. The van der Waals surface area contributed by atoms with Gasteiger partial charge in [0, 0.05) is 11.8 Å². The zero-order chi connectivity index (χ0) is 14.8. The quantitative estimate of drug-likeness (QED) is 0.606. The number of hydrogen-bond donors (Lipinski definition) is 2. The SMILES string of the molecule is C[C@@]12CCC[C@H]1[C@@H]1C=CC3CCC(O)=C(O)[C@]3(C)[C@H]1CC2. The lowest BCUT2D eigenvalue weighted by atomic mass is 9.48. The Morgan fingerprint density at radius 2 is 1.81 bits per heavy atom. The molecule has 0 aromatic carbocycles. The molecular weight excluding hydrogens is 260 g/mol. The fourth-order valence-electron chi connectivity index (χ4n) is 6.36. The van der Waals surface area contributed by atoms with Gasteiger partial charge in [-0.1, -0.05) is 32.4 Å². The first-order chi connectivity index (χ1) is 9.97. The van der Waals surface area contributed by atoms with Gasteiger partial charge in [0.15, 0.2) is 0 Å². The number of rotatable bonds is 0. The van der Waals surface area contributed by atoms with Crippen LogP contribution >= 0.6 is 0 Å². The first-order valence-corrected chi connectivity index (χ1v) is 8.77. The molecule has 1 unspecified atom stereocenters. The summed E-state index contributed by atoms with van der Waals surface area (Å²) in [6, 6.07) is 0. The summed E-state index contributed by atoms with van der Waals surface area (Å²) < 4.78 is 0. The second kappa shape index (κ2) is 4.30. The molecule has 21 heavy (non-hydrogen) atoms. The maximum Gasteiger partial charge on any atom is 0.136 e. The van der Waals surface area contributed by atoms with Crippen LogP contribution in [0.4, 0.5) is 0 Å². The van der Waals surface area contributed by atoms with Gasteiger partial charge in [-0.2, -0.15) is 0 Å². The highest BCUT2D eigenvalue weighted by Crippen LogP contribution is 2.64. The van der Waals surface area contributed by atoms with Gasteiger partial charge in [0.25, 0.3) is 0 Å². The molecule has 2 fully saturated rings. The van der Waals surface area contributed by atoms with Crippen molar-refractivity contribution in [3.05, 3.63) is 23.7 Å². The highest BCUT2D eigenvalue weighted by Gasteiger charge is 2.58. The van der Waals surface area contributed by atoms with Crippen LogP contribution < -0.4 is 0 Å². The molecule has 2 saturated carbocycles. The van der Waals surface area contributed by atoms with Crippen LogP contribution in [0, 0.1) is 34.5 Å². The van der Waals surface area contributed by atoms with Gasteiger partial charge in [0.05, 0.1) is 0 Å². The fraction of sp³-hybridized carbons (Fsp3) is 0.789. The van der Waals surface area contributed by atoms with E-state index in [1.807, 2.05) is 0 Å². The van der Waals surface area contributed by atoms with Crippen LogP contribution in [0.5, 0.6) is 0 Å². The molecule has 0 heterocycles. The Hall–Kier alpha value is -0.920. The van der Waals surface area contributed by atoms with Crippen molar-refractivity contribution >= 4 is 0 Å². The van der Waals surface area contributed by atoms with E-state index in [0.29, 0.717) is 35.3 Å². The average Bonchev–Trinajstić information content (AvgIpc) is 2.86. The molecule has 116 valence electrons. The summed E-state index contributed by atoms with van der Waals surface area (Å²) in [5.41, 5.74) is 0.288. The smallest absolute Gasteiger partial charge is 0.136 e. The molecular formula is C19H28O2. The minimum absolute atomic E-state index is 0.230. The topological polar surface area (TPSA) is 40.5 Å². The Kier molecular flexibility index (Phi) is 2.81. The molecule has 0 saturated heterocycles. The third-order valence-electron chi connectivity index (χ3n) is 7.70. The summed E-state index contributed by atoms with van der Waals surface area (Å²) >= 11 is 0. The predicted molar refractivity (Wildman–Crippen MR) is 83.9 cm³/mol. The molecule has 0 aliphatic heterocycles. The first-order valence-electron chi connectivity index (χ1n) is 8.77. The maximum atomic E-state index is 10.7. The normalized spacial score (nSPS) is 52.3. The summed E-state index contributed by atoms with van der Waals surface area (Å²) in [7, 11) is 0. The largest absolute Gasteiger partial charge is 0.509 e. The van der Waals surface area contributed by atoms with Crippen molar-refractivity contribution in [2.24, 2.45) is 34.5 Å². The van der Waals surface area contributed by atoms with Gasteiger partial charge >= 0.3 is 0 Å². The lowest BCUT2D eigenvalue weighted by molar-refractivity contribution is -0.0411. The van der Waals surface area contributed by atoms with Crippen LogP contribution in [0.1, 0.15) is 58.8 Å². The second-order valence-corrected chi connectivity index (χ2v) is 8.48. The lowest BCUT2D eigenvalue weighted by Crippen LogP contribution is -2.51. The van der Waals surface area contributed by atoms with E-state index in [9.17, 15) is 10.2 Å². The minimum Gasteiger partial charge on any atom is -0.509 e. The fourth-order valence-corrected chi connectivity index (χ4v) is 6.36. The Bertz CT molecular complexity index is 520. The van der Waals surface area contributed by atoms with Crippen molar-refractivity contribution in [3.8, 4) is 0 Å². The van der Waals surface area contributed by atoms with E-state index in [4.69, 9.17) is 0 Å². The van der Waals surface area contributed by atoms with E-state index >= 15 is 0 Å². The van der Waals surface area contributed by atoms with Crippen molar-refractivity contribution in [3.63, 3.8) is 0 Å². The van der Waals surface area contributed by atoms with Crippen LogP contribution in [0.3, 0.4) is 0 Å². The van der Waals surface area contributed by atoms with Crippen molar-refractivity contribution in [2.45, 2.75) is 58.8 Å². The average molecular weight is 288 g/mol. The van der Waals surface area contributed by atoms with Crippen LogP contribution in [0.15, 0.2) is 23.7 Å². The third-order valence-corrected chi connectivity index (χ3v) is 7.70. The summed E-state index contributed by atoms with van der Waals surface area (Å²) in [5, 5.41) is 20.8. The molecule has 4 aliphatic carbocycles. The maximum absolute atomic E-state index is 10.7. The van der Waals surface area contributed by atoms with Crippen molar-refractivity contribution in [1.29, 1.82) is 0 Å². The van der Waals surface area contributed by atoms with Gasteiger partial charge in [0.1, 0.15) is 11.5 Å². The highest BCUT2D eigenvalue weighted by atomic mass is 16.3. The van der Waals surface area contributed by atoms with Crippen LogP contribution in [-0.2, 0) is 0 Å². The summed E-state index contributed by atoms with van der Waals surface area (Å²) in [4.78, 5) is 0. The Labute approximate surface area is 127 Å². The summed E-state index contributed by atoms with van der Waals surface area (Å²) in [6.07, 6.45) is 13.1. The van der Waals surface area contributed by atoms with Gasteiger partial charge in [-0.15, -0.1) is 0 Å². The number of hydrogen-bond acceptors (Lipinski definition) is 2. The van der Waals surface area contributed by atoms with E-state index < -0.39 is 0 Å². The number of aliphatic hydroxyl groups excluding tert-OH is 2. The van der Waals surface area contributed by atoms with Crippen molar-refractivity contribution < 1.29 is 10.2 Å². The second-order valence-electron chi connectivity index (χ2n) is 8.48. The van der Waals surface area contributed by atoms with E-state index in [2.05, 4.69) is 26.0 Å². The van der Waals surface area contributed by atoms with Gasteiger partial charge in [-0.3, -0.25) is 0 Å². The van der Waals surface area contributed by atoms with Crippen LogP contribution in [0.2, 0.25) is 0 Å². The molecule has 0 aromatic heterocycles. The van der Waals surface area contributed by atoms with Crippen LogP contribution in [-0.4, -0.2) is 10.2 Å². The molecule has 2 heteroatoms. The molecule has 0 radical (unpaired) electrons. The molecule has 0 amide bonds. The van der Waals surface area contributed by atoms with Gasteiger partial charge < -0.3 is 10.2 Å². The highest BCUT2D eigenvalue weighted by molar-refractivity contribution is 5.27. The molecule has 4 rings (SSSR count). The third kappa shape index (κ3) is 1.65. The molecule has 6 atom stereocenters. The number of allylic oxidation sites excluding steroid dienone is 4. The van der Waals surface area contributed by atoms with Crippen molar-refractivity contribution in [2.75, 3.05) is 0 Å². The van der Waals surface area contributed by atoms with Crippen molar-refractivity contribution in [1.82, 2.24) is 0 Å². The lowest BCUT2D eigenvalue weighted by Gasteiger charge is -2.56. The van der Waals surface area contributed by atoms with Gasteiger partial charge in [-0.25, -0.2) is 0 Å². The van der Waals surface area contributed by atoms with E-state index in [-0.39, 0.29) is 11.2 Å².